The van der Waals surface area contributed by atoms with Crippen LogP contribution in [-0.2, 0) is 13.1 Å². The van der Waals surface area contributed by atoms with Crippen LogP contribution in [0, 0.1) is 21.6 Å². The van der Waals surface area contributed by atoms with Crippen LogP contribution in [0.15, 0.2) is 46.8 Å². The molecule has 0 atom stereocenters. The smallest absolute Gasteiger partial charge is 0.271 e. The van der Waals surface area contributed by atoms with Gasteiger partial charge in [-0.3, -0.25) is 0 Å². The van der Waals surface area contributed by atoms with E-state index in [-0.39, 0.29) is 13.4 Å². The minimum absolute atomic E-state index is 0. The van der Waals surface area contributed by atoms with Gasteiger partial charge in [0.1, 0.15) is 15.4 Å². The van der Waals surface area contributed by atoms with E-state index in [4.69, 9.17) is 28.5 Å². The number of hydrazone groups is 1. The van der Waals surface area contributed by atoms with Gasteiger partial charge in [-0.15, -0.1) is 4.99 Å². The molecular weight excluding hydrogens is 501 g/mol. The molecule has 2 fully saturated rings. The summed E-state index contributed by atoms with van der Waals surface area (Å²) in [5.41, 5.74) is 1.99. The van der Waals surface area contributed by atoms with Crippen LogP contribution in [0.5, 0.6) is 0 Å². The summed E-state index contributed by atoms with van der Waals surface area (Å²) in [6.45, 7) is 3.47. The van der Waals surface area contributed by atoms with Crippen molar-refractivity contribution >= 4 is 46.1 Å². The van der Waals surface area contributed by atoms with Gasteiger partial charge in [0.25, 0.3) is 5.96 Å². The molecule has 4 heterocycles. The van der Waals surface area contributed by atoms with Crippen molar-refractivity contribution in [3.8, 4) is 6.19 Å². The molecule has 180 valence electrons. The molecule has 2 saturated heterocycles. The number of guanidine groups is 1. The first-order valence-corrected chi connectivity index (χ1v) is 11.5. The Kier molecular flexibility index (Phi) is 10.8. The number of aromatic nitrogens is 2. The summed E-state index contributed by atoms with van der Waals surface area (Å²) < 4.78 is 0. The number of halogens is 2. The van der Waals surface area contributed by atoms with Crippen LogP contribution in [0.4, 0.5) is 0 Å². The third-order valence-corrected chi connectivity index (χ3v) is 5.91. The van der Waals surface area contributed by atoms with Crippen molar-refractivity contribution in [2.24, 2.45) is 10.1 Å². The molecule has 14 heteroatoms. The average Bonchev–Trinajstić information content (AvgIpc) is 3.41. The van der Waals surface area contributed by atoms with E-state index in [0.717, 1.165) is 35.1 Å². The SMILES string of the molecule is C.N#CN=C1SCCN1Cc1ccc(Cl)nc1.O=[N+]([O-])/N=C1\NCCN1Cc1ccc(Cl)nc1. The molecule has 0 bridgehead atoms. The maximum Gasteiger partial charge on any atom is 0.271 e. The molecule has 0 unspecified atom stereocenters. The number of nitrogens with zero attached hydrogens (tertiary/aromatic N) is 8. The number of nitrogens with one attached hydrogen (secondary N) is 1. The summed E-state index contributed by atoms with van der Waals surface area (Å²) >= 11 is 13.0. The van der Waals surface area contributed by atoms with E-state index in [2.05, 4.69) is 30.3 Å². The second-order valence-corrected chi connectivity index (χ2v) is 8.59. The van der Waals surface area contributed by atoms with Gasteiger partial charge in [0.2, 0.25) is 6.19 Å². The number of nitro groups is 1. The number of hydrogen-bond donors (Lipinski definition) is 1. The second-order valence-electron chi connectivity index (χ2n) is 6.75. The maximum atomic E-state index is 10.3. The molecule has 11 nitrogen and oxygen atoms in total. The van der Waals surface area contributed by atoms with Crippen molar-refractivity contribution in [1.29, 1.82) is 5.26 Å². The van der Waals surface area contributed by atoms with E-state index in [1.165, 1.54) is 0 Å². The van der Waals surface area contributed by atoms with Crippen molar-refractivity contribution in [3.05, 3.63) is 68.2 Å². The Labute approximate surface area is 211 Å². The summed E-state index contributed by atoms with van der Waals surface area (Å²) in [6, 6.07) is 7.21. The number of pyridine rings is 2. The summed E-state index contributed by atoms with van der Waals surface area (Å²) in [4.78, 5) is 25.9. The highest BCUT2D eigenvalue weighted by Gasteiger charge is 2.21. The van der Waals surface area contributed by atoms with Gasteiger partial charge in [0.15, 0.2) is 10.2 Å². The summed E-state index contributed by atoms with van der Waals surface area (Å²) in [5, 5.41) is 26.0. The van der Waals surface area contributed by atoms with E-state index in [1.54, 1.807) is 41.2 Å². The Bertz CT molecular complexity index is 1060. The van der Waals surface area contributed by atoms with Crippen molar-refractivity contribution < 1.29 is 5.03 Å². The minimum Gasteiger partial charge on any atom is -0.349 e. The maximum absolute atomic E-state index is 10.3. The highest BCUT2D eigenvalue weighted by molar-refractivity contribution is 8.14. The molecule has 0 amide bonds. The molecule has 2 aromatic rings. The molecule has 0 aromatic carbocycles. The Morgan fingerprint density at radius 1 is 1.12 bits per heavy atom. The largest absolute Gasteiger partial charge is 0.349 e. The molecular formula is C20H23Cl2N9O2S. The summed E-state index contributed by atoms with van der Waals surface area (Å²) in [7, 11) is 0. The van der Waals surface area contributed by atoms with Gasteiger partial charge < -0.3 is 15.1 Å². The Morgan fingerprint density at radius 2 is 1.74 bits per heavy atom. The van der Waals surface area contributed by atoms with Crippen molar-refractivity contribution in [3.63, 3.8) is 0 Å². The Balaban J connectivity index is 0.000000234. The minimum atomic E-state index is -0.708. The van der Waals surface area contributed by atoms with Gasteiger partial charge in [-0.05, 0) is 23.3 Å². The molecule has 2 aliphatic heterocycles. The zero-order valence-electron chi connectivity index (χ0n) is 17.3. The molecule has 2 aromatic heterocycles. The number of aliphatic imine (C=N–C) groups is 1. The average molecular weight is 524 g/mol. The lowest BCUT2D eigenvalue weighted by Crippen LogP contribution is -2.30. The number of rotatable bonds is 5. The van der Waals surface area contributed by atoms with Crippen molar-refractivity contribution in [2.45, 2.75) is 20.5 Å². The van der Waals surface area contributed by atoms with Crippen molar-refractivity contribution in [1.82, 2.24) is 25.1 Å². The van der Waals surface area contributed by atoms with Crippen LogP contribution in [-0.4, -0.2) is 61.3 Å². The zero-order chi connectivity index (χ0) is 23.6. The molecule has 2 aliphatic rings. The van der Waals surface area contributed by atoms with Crippen LogP contribution >= 0.6 is 35.0 Å². The Hall–Kier alpha value is -3.14. The van der Waals surface area contributed by atoms with Gasteiger partial charge in [-0.2, -0.15) is 5.26 Å². The van der Waals surface area contributed by atoms with Crippen LogP contribution in [0.1, 0.15) is 18.6 Å². The van der Waals surface area contributed by atoms with Crippen LogP contribution < -0.4 is 5.32 Å². The van der Waals surface area contributed by atoms with Gasteiger partial charge in [-0.25, -0.2) is 20.1 Å². The highest BCUT2D eigenvalue weighted by Crippen LogP contribution is 2.20. The van der Waals surface area contributed by atoms with E-state index in [9.17, 15) is 10.1 Å². The van der Waals surface area contributed by atoms with Gasteiger partial charge in [0.05, 0.1) is 0 Å². The van der Waals surface area contributed by atoms with Crippen LogP contribution in [0.25, 0.3) is 0 Å². The van der Waals surface area contributed by atoms with Gasteiger partial charge >= 0.3 is 0 Å². The number of amidine groups is 1. The molecule has 1 N–H and O–H groups in total. The first-order chi connectivity index (χ1) is 15.9. The first kappa shape index (κ1) is 27.1. The lowest BCUT2D eigenvalue weighted by molar-refractivity contribution is -0.485. The fraction of sp³-hybridized carbons (Fsp3) is 0.350. The highest BCUT2D eigenvalue weighted by atomic mass is 35.5. The third kappa shape index (κ3) is 8.33. The number of thioether (sulfide) groups is 1. The summed E-state index contributed by atoms with van der Waals surface area (Å²) in [5.74, 6) is 1.26. The molecule has 0 saturated carbocycles. The lowest BCUT2D eigenvalue weighted by Gasteiger charge is -2.16. The second kappa shape index (κ2) is 13.5. The van der Waals surface area contributed by atoms with E-state index in [1.807, 2.05) is 18.3 Å². The van der Waals surface area contributed by atoms with Crippen LogP contribution in [0.2, 0.25) is 10.3 Å². The Morgan fingerprint density at radius 3 is 2.26 bits per heavy atom. The number of nitriles is 1. The topological polar surface area (TPSA) is 136 Å². The van der Waals surface area contributed by atoms with Crippen molar-refractivity contribution in [2.75, 3.05) is 25.4 Å². The molecule has 0 aliphatic carbocycles. The predicted octanol–water partition coefficient (Wildman–Crippen LogP) is 3.44. The van der Waals surface area contributed by atoms with Gasteiger partial charge in [0, 0.05) is 50.9 Å². The van der Waals surface area contributed by atoms with Gasteiger partial charge in [-0.1, -0.05) is 54.5 Å². The lowest BCUT2D eigenvalue weighted by atomic mass is 10.3. The monoisotopic (exact) mass is 523 g/mol. The zero-order valence-corrected chi connectivity index (χ0v) is 19.6. The standard InChI is InChI=1S/C10H9ClN4S.C9H10ClN5O2.CH4/c11-9-2-1-8(5-13-9)6-15-3-4-16-10(15)14-7-12;10-8-2-1-7(5-12-8)6-14-4-3-11-9(14)13-15(16)17;/h1-2,5H,3-4,6H2;1-2,5H,3-4,6H2,(H,11,13);1H4. The fourth-order valence-electron chi connectivity index (χ4n) is 3.02. The quantitative estimate of drug-likeness (QED) is 0.270. The predicted molar refractivity (Wildman–Crippen MR) is 134 cm³/mol. The molecule has 0 radical (unpaired) electrons. The number of hydrogen-bond acceptors (Lipinski definition) is 7. The van der Waals surface area contributed by atoms with Crippen LogP contribution in [0.3, 0.4) is 0 Å². The fourth-order valence-corrected chi connectivity index (χ4v) is 4.18. The third-order valence-electron chi connectivity index (χ3n) is 4.47. The first-order valence-electron chi connectivity index (χ1n) is 9.72. The van der Waals surface area contributed by atoms with E-state index in [0.29, 0.717) is 29.9 Å². The molecule has 34 heavy (non-hydrogen) atoms. The van der Waals surface area contributed by atoms with E-state index < -0.39 is 5.03 Å². The van der Waals surface area contributed by atoms with E-state index >= 15 is 0 Å². The molecule has 0 spiro atoms. The molecule has 4 rings (SSSR count). The normalized spacial score (nSPS) is 17.0. The summed E-state index contributed by atoms with van der Waals surface area (Å²) in [6.07, 6.45) is 5.21.